The summed E-state index contributed by atoms with van der Waals surface area (Å²) in [6.45, 7) is 0. The van der Waals surface area contributed by atoms with Gasteiger partial charge in [0.25, 0.3) is 5.56 Å². The van der Waals surface area contributed by atoms with E-state index in [-0.39, 0.29) is 11.7 Å². The van der Waals surface area contributed by atoms with E-state index in [0.717, 1.165) is 43.0 Å². The van der Waals surface area contributed by atoms with E-state index < -0.39 is 11.5 Å². The van der Waals surface area contributed by atoms with Gasteiger partial charge in [0.05, 0.1) is 11.0 Å². The number of piperidine rings is 1. The molecule has 2 unspecified atom stereocenters. The average Bonchev–Trinajstić information content (AvgIpc) is 2.98. The number of carboxylic acids is 1. The Balaban J connectivity index is 1.36. The van der Waals surface area contributed by atoms with Gasteiger partial charge in [0, 0.05) is 18.1 Å². The molecule has 0 amide bonds. The van der Waals surface area contributed by atoms with Gasteiger partial charge in [0.2, 0.25) is 5.69 Å². The average molecular weight is 405 g/mol. The second-order valence-electron chi connectivity index (χ2n) is 9.58. The van der Waals surface area contributed by atoms with Crippen LogP contribution in [0.2, 0.25) is 0 Å². The standard InChI is InChI=1S/C24H27N3O3/c28-23-22(24(29)30)25-20-6-1-2-7-21(20)27(23)18-11-16-8-9-17(12-18)26(16)13-19-14-4-3-5-15(19)10-14/h1-2,6-7,13-18H,3-5,8-12H2,(H,29,30)/t14?,15?,16-,17+,18+. The molecule has 2 aromatic rings. The van der Waals surface area contributed by atoms with Crippen molar-refractivity contribution >= 4 is 17.0 Å². The lowest BCUT2D eigenvalue weighted by Crippen LogP contribution is -2.44. The van der Waals surface area contributed by atoms with Gasteiger partial charge >= 0.3 is 5.97 Å². The van der Waals surface area contributed by atoms with E-state index >= 15 is 0 Å². The van der Waals surface area contributed by atoms with Crippen molar-refractivity contribution in [3.8, 4) is 0 Å². The number of aromatic carboxylic acids is 1. The highest BCUT2D eigenvalue weighted by atomic mass is 16.4. The molecule has 5 atom stereocenters. The van der Waals surface area contributed by atoms with Crippen LogP contribution in [0.4, 0.5) is 0 Å². The van der Waals surface area contributed by atoms with Crippen LogP contribution in [0.15, 0.2) is 40.8 Å². The number of carboxylic acid groups (broad SMARTS) is 1. The van der Waals surface area contributed by atoms with Crippen LogP contribution >= 0.6 is 0 Å². The Kier molecular flexibility index (Phi) is 4.05. The van der Waals surface area contributed by atoms with Gasteiger partial charge in [-0.15, -0.1) is 0 Å². The van der Waals surface area contributed by atoms with Crippen molar-refractivity contribution in [2.75, 3.05) is 0 Å². The molecule has 4 fully saturated rings. The molecule has 30 heavy (non-hydrogen) atoms. The minimum Gasteiger partial charge on any atom is -0.476 e. The largest absolute Gasteiger partial charge is 0.476 e. The fraction of sp³-hybridized carbons (Fsp3) is 0.542. The summed E-state index contributed by atoms with van der Waals surface area (Å²) in [5.41, 5.74) is 2.17. The zero-order chi connectivity index (χ0) is 20.4. The maximum atomic E-state index is 13.1. The highest BCUT2D eigenvalue weighted by molar-refractivity contribution is 5.88. The fourth-order valence-corrected chi connectivity index (χ4v) is 6.61. The zero-order valence-electron chi connectivity index (χ0n) is 17.0. The van der Waals surface area contributed by atoms with Crippen molar-refractivity contribution in [3.63, 3.8) is 0 Å². The summed E-state index contributed by atoms with van der Waals surface area (Å²) in [5.74, 6) is 0.373. The summed E-state index contributed by atoms with van der Waals surface area (Å²) in [6, 6.07) is 8.32. The molecule has 0 radical (unpaired) electrons. The molecule has 2 saturated heterocycles. The van der Waals surface area contributed by atoms with E-state index in [1.165, 1.54) is 25.7 Å². The van der Waals surface area contributed by atoms with E-state index in [4.69, 9.17) is 0 Å². The van der Waals surface area contributed by atoms with Crippen molar-refractivity contribution in [1.29, 1.82) is 0 Å². The van der Waals surface area contributed by atoms with Gasteiger partial charge < -0.3 is 14.6 Å². The van der Waals surface area contributed by atoms with E-state index in [2.05, 4.69) is 16.1 Å². The molecule has 1 aromatic heterocycles. The molecule has 1 N–H and O–H groups in total. The van der Waals surface area contributed by atoms with Crippen LogP contribution in [0.1, 0.15) is 67.9 Å². The number of carbonyl (C=O) groups is 1. The van der Waals surface area contributed by atoms with Crippen LogP contribution in [-0.4, -0.2) is 37.6 Å². The molecule has 6 rings (SSSR count). The maximum absolute atomic E-state index is 13.1. The van der Waals surface area contributed by atoms with Gasteiger partial charge in [-0.25, -0.2) is 9.78 Å². The zero-order valence-corrected chi connectivity index (χ0v) is 17.0. The molecule has 3 heterocycles. The quantitative estimate of drug-likeness (QED) is 0.836. The lowest BCUT2D eigenvalue weighted by molar-refractivity contribution is 0.0687. The van der Waals surface area contributed by atoms with Gasteiger partial charge in [-0.05, 0) is 80.7 Å². The van der Waals surface area contributed by atoms with Gasteiger partial charge in [-0.3, -0.25) is 4.79 Å². The first-order valence-electron chi connectivity index (χ1n) is 11.3. The third kappa shape index (κ3) is 2.65. The molecule has 2 saturated carbocycles. The Labute approximate surface area is 175 Å². The number of benzene rings is 1. The van der Waals surface area contributed by atoms with E-state index in [1.54, 1.807) is 16.2 Å². The summed E-state index contributed by atoms with van der Waals surface area (Å²) in [6.07, 6.45) is 12.1. The van der Waals surface area contributed by atoms with Crippen LogP contribution in [0.25, 0.3) is 11.0 Å². The minimum atomic E-state index is -1.25. The Bertz CT molecular complexity index is 1090. The van der Waals surface area contributed by atoms with E-state index in [0.29, 0.717) is 17.6 Å². The molecule has 6 nitrogen and oxygen atoms in total. The summed E-state index contributed by atoms with van der Waals surface area (Å²) < 4.78 is 1.74. The van der Waals surface area contributed by atoms with Gasteiger partial charge in [-0.2, -0.15) is 0 Å². The molecule has 1 aromatic carbocycles. The Hall–Kier alpha value is -2.63. The fourth-order valence-electron chi connectivity index (χ4n) is 6.61. The van der Waals surface area contributed by atoms with E-state index in [9.17, 15) is 14.7 Å². The second kappa shape index (κ2) is 6.69. The predicted octanol–water partition coefficient (Wildman–Crippen LogP) is 3.97. The molecular formula is C24H27N3O3. The van der Waals surface area contributed by atoms with Crippen molar-refractivity contribution in [3.05, 3.63) is 52.1 Å². The SMILES string of the molecule is O=C(O)c1nc2ccccc2n([C@H]2C[C@H]3CC[C@@H](C2)N3C=C2C3CCCC2C3)c1=O. The lowest BCUT2D eigenvalue weighted by Gasteiger charge is -2.47. The van der Waals surface area contributed by atoms with Crippen molar-refractivity contribution < 1.29 is 9.90 Å². The molecule has 2 aliphatic heterocycles. The molecule has 4 bridgehead atoms. The van der Waals surface area contributed by atoms with Gasteiger partial charge in [-0.1, -0.05) is 18.6 Å². The van der Waals surface area contributed by atoms with Gasteiger partial charge in [0.1, 0.15) is 0 Å². The monoisotopic (exact) mass is 405 g/mol. The third-order valence-corrected chi connectivity index (χ3v) is 8.04. The van der Waals surface area contributed by atoms with E-state index in [1.807, 2.05) is 18.2 Å². The number of hydrogen-bond donors (Lipinski definition) is 1. The number of aromatic nitrogens is 2. The lowest BCUT2D eigenvalue weighted by atomic mass is 9.61. The van der Waals surface area contributed by atoms with Gasteiger partial charge in [0.15, 0.2) is 0 Å². The van der Waals surface area contributed by atoms with Crippen LogP contribution in [0, 0.1) is 11.8 Å². The van der Waals surface area contributed by atoms with Crippen molar-refractivity contribution in [2.45, 2.75) is 69.5 Å². The first-order chi connectivity index (χ1) is 14.6. The normalized spacial score (nSPS) is 32.2. The van der Waals surface area contributed by atoms with Crippen LogP contribution < -0.4 is 5.56 Å². The number of hydrogen-bond acceptors (Lipinski definition) is 4. The van der Waals surface area contributed by atoms with Crippen LogP contribution in [0.5, 0.6) is 0 Å². The molecule has 0 spiro atoms. The molecular weight excluding hydrogens is 378 g/mol. The smallest absolute Gasteiger partial charge is 0.360 e. The Morgan fingerprint density at radius 1 is 1.00 bits per heavy atom. The van der Waals surface area contributed by atoms with Crippen LogP contribution in [-0.2, 0) is 0 Å². The predicted molar refractivity (Wildman–Crippen MR) is 113 cm³/mol. The molecule has 156 valence electrons. The number of nitrogens with zero attached hydrogens (tertiary/aromatic N) is 3. The minimum absolute atomic E-state index is 0.0246. The topological polar surface area (TPSA) is 75.4 Å². The number of para-hydroxylation sites is 2. The Morgan fingerprint density at radius 3 is 2.37 bits per heavy atom. The third-order valence-electron chi connectivity index (χ3n) is 8.04. The number of rotatable bonds is 3. The highest BCUT2D eigenvalue weighted by Gasteiger charge is 2.44. The summed E-state index contributed by atoms with van der Waals surface area (Å²) in [5, 5.41) is 9.53. The molecule has 2 aliphatic carbocycles. The maximum Gasteiger partial charge on any atom is 0.360 e. The molecule has 6 heteroatoms. The first-order valence-corrected chi connectivity index (χ1v) is 11.3. The van der Waals surface area contributed by atoms with Crippen molar-refractivity contribution in [2.24, 2.45) is 11.8 Å². The number of allylic oxidation sites excluding steroid dienone is 1. The Morgan fingerprint density at radius 2 is 1.70 bits per heavy atom. The summed E-state index contributed by atoms with van der Waals surface area (Å²) in [7, 11) is 0. The van der Waals surface area contributed by atoms with Crippen LogP contribution in [0.3, 0.4) is 0 Å². The summed E-state index contributed by atoms with van der Waals surface area (Å²) in [4.78, 5) is 31.5. The second-order valence-corrected chi connectivity index (χ2v) is 9.58. The highest BCUT2D eigenvalue weighted by Crippen LogP contribution is 2.51. The number of fused-ring (bicyclic) bond motifs is 5. The first kappa shape index (κ1) is 18.2. The summed E-state index contributed by atoms with van der Waals surface area (Å²) >= 11 is 0. The van der Waals surface area contributed by atoms with Crippen molar-refractivity contribution in [1.82, 2.24) is 14.5 Å². The molecule has 4 aliphatic rings.